The zero-order chi connectivity index (χ0) is 18.1. The number of amides is 2. The molecule has 7 heteroatoms. The van der Waals surface area contributed by atoms with Gasteiger partial charge in [0.15, 0.2) is 0 Å². The highest BCUT2D eigenvalue weighted by atomic mass is 16.2. The summed E-state index contributed by atoms with van der Waals surface area (Å²) in [4.78, 5) is 34.2. The molecule has 0 atom stereocenters. The Kier molecular flexibility index (Phi) is 4.44. The molecular formula is C19H23N5O2. The molecule has 7 nitrogen and oxygen atoms in total. The number of aromatic nitrogens is 3. The van der Waals surface area contributed by atoms with Gasteiger partial charge < -0.3 is 15.2 Å². The molecule has 1 fully saturated rings. The molecule has 26 heavy (non-hydrogen) atoms. The van der Waals surface area contributed by atoms with Crippen LogP contribution in [0.5, 0.6) is 0 Å². The van der Waals surface area contributed by atoms with Crippen molar-refractivity contribution in [1.29, 1.82) is 0 Å². The largest absolute Gasteiger partial charge is 0.364 e. The number of carbonyl (C=O) groups is 2. The number of hydrogen-bond donors (Lipinski definition) is 1. The van der Waals surface area contributed by atoms with Gasteiger partial charge in [-0.1, -0.05) is 0 Å². The number of carbonyl (C=O) groups excluding carboxylic acids is 2. The molecule has 2 aromatic rings. The number of nitrogens with zero attached hydrogens (tertiary/aromatic N) is 4. The van der Waals surface area contributed by atoms with E-state index in [9.17, 15) is 9.59 Å². The van der Waals surface area contributed by atoms with Crippen LogP contribution in [0.25, 0.3) is 0 Å². The minimum Gasteiger partial charge on any atom is -0.364 e. The van der Waals surface area contributed by atoms with Crippen LogP contribution >= 0.6 is 0 Å². The number of fused-ring (bicyclic) bond motifs is 1. The highest BCUT2D eigenvalue weighted by Gasteiger charge is 2.28. The average Bonchev–Trinajstić information content (AvgIpc) is 3.12. The van der Waals surface area contributed by atoms with Crippen molar-refractivity contribution in [1.82, 2.24) is 19.4 Å². The lowest BCUT2D eigenvalue weighted by atomic mass is 9.95. The summed E-state index contributed by atoms with van der Waals surface area (Å²) in [5.41, 5.74) is 7.20. The number of rotatable bonds is 3. The van der Waals surface area contributed by atoms with E-state index in [1.807, 2.05) is 11.1 Å². The Morgan fingerprint density at radius 2 is 1.85 bits per heavy atom. The van der Waals surface area contributed by atoms with Crippen LogP contribution in [0.15, 0.2) is 24.5 Å². The fourth-order valence-electron chi connectivity index (χ4n) is 3.98. The molecule has 0 unspecified atom stereocenters. The molecule has 4 heterocycles. The van der Waals surface area contributed by atoms with Crippen LogP contribution in [0, 0.1) is 0 Å². The first-order valence-corrected chi connectivity index (χ1v) is 9.23. The van der Waals surface area contributed by atoms with Crippen molar-refractivity contribution in [2.45, 2.75) is 44.6 Å². The number of primary amides is 1. The first kappa shape index (κ1) is 16.8. The van der Waals surface area contributed by atoms with E-state index in [1.165, 1.54) is 36.6 Å². The fourth-order valence-corrected chi connectivity index (χ4v) is 3.98. The summed E-state index contributed by atoms with van der Waals surface area (Å²) >= 11 is 0. The van der Waals surface area contributed by atoms with E-state index in [1.54, 1.807) is 6.07 Å². The SMILES string of the molecule is NC(=O)c1ccc(C(=O)N2CCC(c3ncc4n3CCCC4)CC2)cn1. The second-order valence-electron chi connectivity index (χ2n) is 7.08. The van der Waals surface area contributed by atoms with Crippen LogP contribution in [-0.4, -0.2) is 44.3 Å². The normalized spacial score (nSPS) is 17.8. The minimum atomic E-state index is -0.590. The zero-order valence-corrected chi connectivity index (χ0v) is 14.7. The first-order valence-electron chi connectivity index (χ1n) is 9.23. The molecule has 0 aliphatic carbocycles. The van der Waals surface area contributed by atoms with Crippen molar-refractivity contribution in [3.8, 4) is 0 Å². The van der Waals surface area contributed by atoms with Crippen LogP contribution in [0.1, 0.15) is 64.0 Å². The lowest BCUT2D eigenvalue weighted by Crippen LogP contribution is -2.38. The number of imidazole rings is 1. The van der Waals surface area contributed by atoms with E-state index in [2.05, 4.69) is 14.5 Å². The van der Waals surface area contributed by atoms with Crippen molar-refractivity contribution < 1.29 is 9.59 Å². The predicted molar refractivity (Wildman–Crippen MR) is 95.8 cm³/mol. The van der Waals surface area contributed by atoms with Gasteiger partial charge in [0.2, 0.25) is 0 Å². The monoisotopic (exact) mass is 353 g/mol. The van der Waals surface area contributed by atoms with Gasteiger partial charge in [-0.15, -0.1) is 0 Å². The van der Waals surface area contributed by atoms with Crippen molar-refractivity contribution in [2.75, 3.05) is 13.1 Å². The maximum Gasteiger partial charge on any atom is 0.267 e. The van der Waals surface area contributed by atoms with E-state index in [-0.39, 0.29) is 11.6 Å². The zero-order valence-electron chi connectivity index (χ0n) is 14.7. The highest BCUT2D eigenvalue weighted by molar-refractivity contribution is 5.95. The van der Waals surface area contributed by atoms with Crippen molar-refractivity contribution >= 4 is 11.8 Å². The van der Waals surface area contributed by atoms with Gasteiger partial charge in [0.05, 0.1) is 5.56 Å². The Morgan fingerprint density at radius 1 is 1.04 bits per heavy atom. The number of aryl methyl sites for hydroxylation is 1. The van der Waals surface area contributed by atoms with E-state index < -0.39 is 5.91 Å². The third kappa shape index (κ3) is 3.09. The molecule has 1 saturated heterocycles. The summed E-state index contributed by atoms with van der Waals surface area (Å²) < 4.78 is 2.39. The quantitative estimate of drug-likeness (QED) is 0.909. The number of pyridine rings is 1. The van der Waals surface area contributed by atoms with Crippen LogP contribution in [0.2, 0.25) is 0 Å². The summed E-state index contributed by atoms with van der Waals surface area (Å²) in [5, 5.41) is 0. The molecule has 2 aliphatic rings. The predicted octanol–water partition coefficient (Wildman–Crippen LogP) is 1.73. The molecule has 2 aromatic heterocycles. The van der Waals surface area contributed by atoms with Gasteiger partial charge in [-0.2, -0.15) is 0 Å². The summed E-state index contributed by atoms with van der Waals surface area (Å²) in [7, 11) is 0. The van der Waals surface area contributed by atoms with Crippen molar-refractivity contribution in [3.05, 3.63) is 47.3 Å². The smallest absolute Gasteiger partial charge is 0.267 e. The van der Waals surface area contributed by atoms with Crippen LogP contribution in [0.3, 0.4) is 0 Å². The summed E-state index contributed by atoms with van der Waals surface area (Å²) in [6.45, 7) is 2.49. The Hall–Kier alpha value is -2.70. The Labute approximate surface area is 152 Å². The molecule has 0 radical (unpaired) electrons. The van der Waals surface area contributed by atoms with Gasteiger partial charge in [0, 0.05) is 43.6 Å². The number of nitrogens with two attached hydrogens (primary N) is 1. The Morgan fingerprint density at radius 3 is 2.54 bits per heavy atom. The molecule has 2 amide bonds. The molecule has 2 N–H and O–H groups in total. The van der Waals surface area contributed by atoms with Crippen LogP contribution in [-0.2, 0) is 13.0 Å². The summed E-state index contributed by atoms with van der Waals surface area (Å²) in [6.07, 6.45) is 8.91. The molecule has 0 bridgehead atoms. The van der Waals surface area contributed by atoms with Crippen LogP contribution in [0.4, 0.5) is 0 Å². The van der Waals surface area contributed by atoms with Gasteiger partial charge in [0.25, 0.3) is 11.8 Å². The van der Waals surface area contributed by atoms with Crippen molar-refractivity contribution in [3.63, 3.8) is 0 Å². The third-order valence-electron chi connectivity index (χ3n) is 5.44. The maximum atomic E-state index is 12.7. The van der Waals surface area contributed by atoms with E-state index in [0.717, 1.165) is 25.8 Å². The van der Waals surface area contributed by atoms with Gasteiger partial charge in [0.1, 0.15) is 11.5 Å². The highest BCUT2D eigenvalue weighted by Crippen LogP contribution is 2.30. The molecule has 136 valence electrons. The minimum absolute atomic E-state index is 0.0443. The first-order chi connectivity index (χ1) is 12.6. The second-order valence-corrected chi connectivity index (χ2v) is 7.08. The number of likely N-dealkylation sites (tertiary alicyclic amines) is 1. The second kappa shape index (κ2) is 6.90. The molecule has 2 aliphatic heterocycles. The lowest BCUT2D eigenvalue weighted by Gasteiger charge is -2.32. The molecule has 0 saturated carbocycles. The molecule has 0 spiro atoms. The summed E-state index contributed by atoms with van der Waals surface area (Å²) in [6, 6.07) is 3.12. The topological polar surface area (TPSA) is 94.1 Å². The van der Waals surface area contributed by atoms with Crippen molar-refractivity contribution in [2.24, 2.45) is 5.73 Å². The number of hydrogen-bond acceptors (Lipinski definition) is 4. The maximum absolute atomic E-state index is 12.7. The van der Waals surface area contributed by atoms with E-state index >= 15 is 0 Å². The van der Waals surface area contributed by atoms with Gasteiger partial charge >= 0.3 is 0 Å². The lowest BCUT2D eigenvalue weighted by molar-refractivity contribution is 0.0709. The Bertz CT molecular complexity index is 819. The van der Waals surface area contributed by atoms with Gasteiger partial charge in [-0.3, -0.25) is 14.6 Å². The molecular weight excluding hydrogens is 330 g/mol. The van der Waals surface area contributed by atoms with E-state index in [4.69, 9.17) is 5.73 Å². The standard InChI is InChI=1S/C19H23N5O2/c20-17(25)16-5-4-14(11-21-16)19(26)23-9-6-13(7-10-23)18-22-12-15-3-1-2-8-24(15)18/h4-5,11-13H,1-3,6-10H2,(H2,20,25). The molecule has 4 rings (SSSR count). The van der Waals surface area contributed by atoms with Crippen LogP contribution < -0.4 is 5.73 Å². The van der Waals surface area contributed by atoms with Gasteiger partial charge in [-0.05, 0) is 44.2 Å². The molecule has 0 aromatic carbocycles. The summed E-state index contributed by atoms with van der Waals surface area (Å²) in [5.74, 6) is 0.977. The Balaban J connectivity index is 1.41. The van der Waals surface area contributed by atoms with E-state index in [0.29, 0.717) is 24.6 Å². The number of piperidine rings is 1. The van der Waals surface area contributed by atoms with Gasteiger partial charge in [-0.25, -0.2) is 4.98 Å². The third-order valence-corrected chi connectivity index (χ3v) is 5.44. The average molecular weight is 353 g/mol. The fraction of sp³-hybridized carbons (Fsp3) is 0.474.